The quantitative estimate of drug-likeness (QED) is 0.485. The average molecular weight is 436 g/mol. The lowest BCUT2D eigenvalue weighted by atomic mass is 10.2. The zero-order valence-electron chi connectivity index (χ0n) is 15.1. The molecule has 4 aromatic rings. The molecule has 1 fully saturated rings. The molecular weight excluding hydrogens is 418 g/mol. The Morgan fingerprint density at radius 3 is 2.71 bits per heavy atom. The maximum atomic E-state index is 5.47. The molecular formula is C21H18BrN5O. The molecule has 1 aliphatic rings. The fraction of sp³-hybridized carbons (Fsp3) is 0.190. The summed E-state index contributed by atoms with van der Waals surface area (Å²) in [6, 6.07) is 14.2. The number of ether oxygens (including phenoxy) is 1. The highest BCUT2D eigenvalue weighted by Gasteiger charge is 2.18. The summed E-state index contributed by atoms with van der Waals surface area (Å²) in [6.07, 6.45) is 5.76. The highest BCUT2D eigenvalue weighted by molar-refractivity contribution is 9.10. The molecule has 0 amide bonds. The van der Waals surface area contributed by atoms with Gasteiger partial charge in [0.05, 0.1) is 42.0 Å². The molecule has 3 aromatic heterocycles. The summed E-state index contributed by atoms with van der Waals surface area (Å²) in [5.74, 6) is 0. The Hall–Kier alpha value is -2.77. The van der Waals surface area contributed by atoms with Crippen LogP contribution in [0.1, 0.15) is 11.4 Å². The van der Waals surface area contributed by atoms with Crippen LogP contribution in [0.2, 0.25) is 0 Å². The highest BCUT2D eigenvalue weighted by Crippen LogP contribution is 2.27. The Morgan fingerprint density at radius 1 is 0.964 bits per heavy atom. The normalized spacial score (nSPS) is 15.1. The van der Waals surface area contributed by atoms with Gasteiger partial charge in [-0.15, -0.1) is 0 Å². The molecule has 1 saturated heterocycles. The number of para-hydroxylation sites is 1. The number of pyridine rings is 1. The smallest absolute Gasteiger partial charge is 0.179 e. The molecule has 0 aliphatic carbocycles. The molecule has 0 unspecified atom stereocenters. The minimum Gasteiger partial charge on any atom is -0.378 e. The van der Waals surface area contributed by atoms with Gasteiger partial charge in [0.15, 0.2) is 5.65 Å². The Balaban J connectivity index is 1.51. The number of halogens is 1. The summed E-state index contributed by atoms with van der Waals surface area (Å²) >= 11 is 3.65. The van der Waals surface area contributed by atoms with E-state index in [0.717, 1.165) is 64.5 Å². The summed E-state index contributed by atoms with van der Waals surface area (Å²) in [6.45, 7) is 3.18. The molecule has 5 rings (SSSR count). The van der Waals surface area contributed by atoms with Crippen molar-refractivity contribution in [2.45, 2.75) is 0 Å². The molecule has 0 N–H and O–H groups in total. The zero-order valence-corrected chi connectivity index (χ0v) is 16.7. The first kappa shape index (κ1) is 17.3. The number of aromatic nitrogens is 4. The number of nitrogens with zero attached hydrogens (tertiary/aromatic N) is 5. The van der Waals surface area contributed by atoms with Crippen LogP contribution in [0.25, 0.3) is 28.7 Å². The Morgan fingerprint density at radius 2 is 1.82 bits per heavy atom. The summed E-state index contributed by atoms with van der Waals surface area (Å²) in [7, 11) is 0. The monoisotopic (exact) mass is 435 g/mol. The van der Waals surface area contributed by atoms with Crippen molar-refractivity contribution in [1.82, 2.24) is 19.6 Å². The molecule has 6 nitrogen and oxygen atoms in total. The first-order valence-corrected chi connectivity index (χ1v) is 9.99. The molecule has 7 heteroatoms. The highest BCUT2D eigenvalue weighted by atomic mass is 79.9. The van der Waals surface area contributed by atoms with E-state index in [0.29, 0.717) is 0 Å². The van der Waals surface area contributed by atoms with Gasteiger partial charge in [0.1, 0.15) is 4.60 Å². The van der Waals surface area contributed by atoms with Gasteiger partial charge in [0.25, 0.3) is 0 Å². The lowest BCUT2D eigenvalue weighted by molar-refractivity contribution is 0.123. The van der Waals surface area contributed by atoms with Crippen molar-refractivity contribution in [1.29, 1.82) is 0 Å². The summed E-state index contributed by atoms with van der Waals surface area (Å²) in [5, 5.41) is 5.58. The lowest BCUT2D eigenvalue weighted by Crippen LogP contribution is -2.36. The van der Waals surface area contributed by atoms with Crippen molar-refractivity contribution in [2.24, 2.45) is 0 Å². The maximum absolute atomic E-state index is 5.47. The Kier molecular flexibility index (Phi) is 4.54. The van der Waals surface area contributed by atoms with Crippen LogP contribution in [0.4, 0.5) is 5.69 Å². The number of fused-ring (bicyclic) bond motifs is 2. The van der Waals surface area contributed by atoms with Crippen LogP contribution in [0.3, 0.4) is 0 Å². The molecule has 1 aliphatic heterocycles. The van der Waals surface area contributed by atoms with E-state index in [1.807, 2.05) is 53.2 Å². The summed E-state index contributed by atoms with van der Waals surface area (Å²) in [5.41, 5.74) is 4.60. The minimum atomic E-state index is 0.733. The molecule has 0 atom stereocenters. The van der Waals surface area contributed by atoms with Crippen molar-refractivity contribution < 1.29 is 4.74 Å². The third-order valence-electron chi connectivity index (χ3n) is 4.85. The fourth-order valence-electron chi connectivity index (χ4n) is 3.42. The van der Waals surface area contributed by atoms with Crippen molar-refractivity contribution in [3.63, 3.8) is 0 Å². The lowest BCUT2D eigenvalue weighted by Gasteiger charge is -2.28. The standard InChI is InChI=1S/C21H18BrN5O/c22-20-18(8-7-16-6-5-15-3-1-2-4-17(15)24-16)25-21-19(9-10-23-27(20)21)26-11-13-28-14-12-26/h1-10H,11-14H2/b8-7+. The largest absolute Gasteiger partial charge is 0.378 e. The van der Waals surface area contributed by atoms with E-state index >= 15 is 0 Å². The van der Waals surface area contributed by atoms with Gasteiger partial charge in [-0.05, 0) is 46.3 Å². The minimum absolute atomic E-state index is 0.733. The molecule has 1 aromatic carbocycles. The fourth-order valence-corrected chi connectivity index (χ4v) is 3.90. The third-order valence-corrected chi connectivity index (χ3v) is 5.59. The van der Waals surface area contributed by atoms with Gasteiger partial charge in [0, 0.05) is 18.5 Å². The van der Waals surface area contributed by atoms with E-state index in [-0.39, 0.29) is 0 Å². The van der Waals surface area contributed by atoms with Crippen LogP contribution in [0.15, 0.2) is 53.3 Å². The van der Waals surface area contributed by atoms with E-state index in [9.17, 15) is 0 Å². The SMILES string of the molecule is Brc1c(/C=C/c2ccc3ccccc3n2)nc2c(N3CCOCC3)ccnn12. The van der Waals surface area contributed by atoms with Crippen molar-refractivity contribution in [2.75, 3.05) is 31.2 Å². The van der Waals surface area contributed by atoms with Crippen LogP contribution in [-0.2, 0) is 4.74 Å². The van der Waals surface area contributed by atoms with Gasteiger partial charge in [-0.3, -0.25) is 0 Å². The molecule has 0 radical (unpaired) electrons. The van der Waals surface area contributed by atoms with E-state index in [4.69, 9.17) is 14.7 Å². The van der Waals surface area contributed by atoms with Crippen LogP contribution in [0.5, 0.6) is 0 Å². The van der Waals surface area contributed by atoms with E-state index in [1.54, 1.807) is 0 Å². The second-order valence-corrected chi connectivity index (χ2v) is 7.35. The molecule has 4 heterocycles. The predicted molar refractivity (Wildman–Crippen MR) is 114 cm³/mol. The molecule has 0 bridgehead atoms. The molecule has 0 saturated carbocycles. The van der Waals surface area contributed by atoms with E-state index in [2.05, 4.69) is 38.1 Å². The second-order valence-electron chi connectivity index (χ2n) is 6.60. The Labute approximate surface area is 170 Å². The second kappa shape index (κ2) is 7.33. The number of imidazole rings is 1. The van der Waals surface area contributed by atoms with Crippen molar-refractivity contribution >= 4 is 50.3 Å². The van der Waals surface area contributed by atoms with Gasteiger partial charge in [-0.25, -0.2) is 14.5 Å². The van der Waals surface area contributed by atoms with Crippen LogP contribution in [0, 0.1) is 0 Å². The zero-order chi connectivity index (χ0) is 18.9. The number of hydrogen-bond donors (Lipinski definition) is 0. The van der Waals surface area contributed by atoms with E-state index in [1.165, 1.54) is 0 Å². The Bertz CT molecular complexity index is 1180. The number of rotatable bonds is 3. The number of benzene rings is 1. The number of morpholine rings is 1. The van der Waals surface area contributed by atoms with Crippen LogP contribution in [-0.4, -0.2) is 45.9 Å². The van der Waals surface area contributed by atoms with Crippen molar-refractivity contribution in [3.8, 4) is 0 Å². The van der Waals surface area contributed by atoms with Gasteiger partial charge >= 0.3 is 0 Å². The molecule has 0 spiro atoms. The van der Waals surface area contributed by atoms with Crippen LogP contribution >= 0.6 is 15.9 Å². The topological polar surface area (TPSA) is 55.5 Å². The predicted octanol–water partition coefficient (Wildman–Crippen LogP) is 4.05. The summed E-state index contributed by atoms with van der Waals surface area (Å²) in [4.78, 5) is 11.8. The van der Waals surface area contributed by atoms with Crippen LogP contribution < -0.4 is 4.90 Å². The average Bonchev–Trinajstić information content (AvgIpc) is 3.08. The van der Waals surface area contributed by atoms with Gasteiger partial charge in [0.2, 0.25) is 0 Å². The first-order chi connectivity index (χ1) is 13.8. The summed E-state index contributed by atoms with van der Waals surface area (Å²) < 4.78 is 8.13. The first-order valence-electron chi connectivity index (χ1n) is 9.19. The van der Waals surface area contributed by atoms with E-state index < -0.39 is 0 Å². The van der Waals surface area contributed by atoms with Gasteiger partial charge in [-0.2, -0.15) is 5.10 Å². The molecule has 140 valence electrons. The van der Waals surface area contributed by atoms with Crippen molar-refractivity contribution in [3.05, 3.63) is 64.7 Å². The number of anilines is 1. The number of hydrogen-bond acceptors (Lipinski definition) is 5. The van der Waals surface area contributed by atoms with Gasteiger partial charge in [-0.1, -0.05) is 24.3 Å². The maximum Gasteiger partial charge on any atom is 0.179 e. The van der Waals surface area contributed by atoms with Gasteiger partial charge < -0.3 is 9.64 Å². The third kappa shape index (κ3) is 3.16. The molecule has 28 heavy (non-hydrogen) atoms.